The normalized spacial score (nSPS) is 22.7. The van der Waals surface area contributed by atoms with E-state index in [1.165, 1.54) is 9.80 Å². The molecule has 0 bridgehead atoms. The topological polar surface area (TPSA) is 106 Å². The summed E-state index contributed by atoms with van der Waals surface area (Å²) in [6.07, 6.45) is 1.78. The van der Waals surface area contributed by atoms with Gasteiger partial charge in [0, 0.05) is 35.7 Å². The standard InChI is InChI=1S/C21H24N2O7/c1-5-10(2)21(27)28-8-14-16-12(17(25)11(3)18-19(16)30-9-29-18)6-13-20(26)22(4)7-15(24)23(13)14/h5,13-14,25H,6-9H2,1-4H3/b10-5-/t13?,14-/m1/s1. The zero-order valence-corrected chi connectivity index (χ0v) is 17.4. The largest absolute Gasteiger partial charge is 0.507 e. The number of hydrogen-bond acceptors (Lipinski definition) is 7. The Labute approximate surface area is 173 Å². The fourth-order valence-electron chi connectivity index (χ4n) is 4.28. The number of esters is 1. The molecule has 3 heterocycles. The van der Waals surface area contributed by atoms with Gasteiger partial charge in [0.2, 0.25) is 18.6 Å². The van der Waals surface area contributed by atoms with Gasteiger partial charge in [-0.1, -0.05) is 6.08 Å². The molecule has 1 saturated heterocycles. The van der Waals surface area contributed by atoms with E-state index in [0.29, 0.717) is 33.8 Å². The van der Waals surface area contributed by atoms with Crippen LogP contribution >= 0.6 is 0 Å². The summed E-state index contributed by atoms with van der Waals surface area (Å²) in [6, 6.07) is -1.57. The average Bonchev–Trinajstić information content (AvgIpc) is 3.22. The third kappa shape index (κ3) is 2.88. The van der Waals surface area contributed by atoms with Crippen molar-refractivity contribution < 1.29 is 33.7 Å². The Morgan fingerprint density at radius 2 is 2.00 bits per heavy atom. The van der Waals surface area contributed by atoms with Crippen LogP contribution in [0, 0.1) is 6.92 Å². The third-order valence-electron chi connectivity index (χ3n) is 6.02. The first-order chi connectivity index (χ1) is 14.3. The van der Waals surface area contributed by atoms with Gasteiger partial charge >= 0.3 is 5.97 Å². The Morgan fingerprint density at radius 3 is 2.70 bits per heavy atom. The molecule has 4 rings (SSSR count). The zero-order chi connectivity index (χ0) is 21.7. The Hall–Kier alpha value is -3.23. The molecule has 1 unspecified atom stereocenters. The van der Waals surface area contributed by atoms with Crippen molar-refractivity contribution in [3.63, 3.8) is 0 Å². The first-order valence-corrected chi connectivity index (χ1v) is 9.76. The summed E-state index contributed by atoms with van der Waals surface area (Å²) >= 11 is 0. The average molecular weight is 416 g/mol. The van der Waals surface area contributed by atoms with E-state index in [2.05, 4.69) is 0 Å². The molecule has 0 aliphatic carbocycles. The molecule has 2 atom stereocenters. The molecule has 2 amide bonds. The SMILES string of the molecule is C/C=C(/C)C(=O)OC[C@@H]1c2c(c(O)c(C)c3c2OCO3)CC2C(=O)N(C)CC(=O)N21. The van der Waals surface area contributed by atoms with Crippen LogP contribution in [0.2, 0.25) is 0 Å². The fraction of sp³-hybridized carbons (Fsp3) is 0.476. The molecule has 30 heavy (non-hydrogen) atoms. The van der Waals surface area contributed by atoms with Gasteiger partial charge in [-0.3, -0.25) is 9.59 Å². The van der Waals surface area contributed by atoms with Crippen molar-refractivity contribution >= 4 is 17.8 Å². The van der Waals surface area contributed by atoms with Crippen molar-refractivity contribution in [2.24, 2.45) is 0 Å². The number of nitrogens with zero attached hydrogens (tertiary/aromatic N) is 2. The number of carbonyl (C=O) groups is 3. The van der Waals surface area contributed by atoms with Crippen molar-refractivity contribution in [1.29, 1.82) is 0 Å². The molecule has 0 saturated carbocycles. The fourth-order valence-corrected chi connectivity index (χ4v) is 4.28. The Bertz CT molecular complexity index is 984. The number of allylic oxidation sites excluding steroid dienone is 1. The molecule has 1 aromatic carbocycles. The maximum absolute atomic E-state index is 12.9. The van der Waals surface area contributed by atoms with Gasteiger partial charge in [-0.2, -0.15) is 0 Å². The van der Waals surface area contributed by atoms with Gasteiger partial charge in [-0.25, -0.2) is 4.79 Å². The van der Waals surface area contributed by atoms with E-state index in [1.54, 1.807) is 33.9 Å². The Morgan fingerprint density at radius 1 is 1.30 bits per heavy atom. The maximum Gasteiger partial charge on any atom is 0.333 e. The minimum absolute atomic E-state index is 0.00309. The number of piperazine rings is 1. The van der Waals surface area contributed by atoms with Crippen LogP contribution in [0.15, 0.2) is 11.6 Å². The van der Waals surface area contributed by atoms with Crippen molar-refractivity contribution in [3.05, 3.63) is 28.3 Å². The number of rotatable bonds is 3. The van der Waals surface area contributed by atoms with Crippen molar-refractivity contribution in [3.8, 4) is 17.2 Å². The van der Waals surface area contributed by atoms with Crippen LogP contribution in [-0.2, 0) is 25.5 Å². The van der Waals surface area contributed by atoms with Gasteiger partial charge in [0.15, 0.2) is 11.5 Å². The summed E-state index contributed by atoms with van der Waals surface area (Å²) in [5.41, 5.74) is 1.98. The molecule has 1 aromatic rings. The van der Waals surface area contributed by atoms with Crippen molar-refractivity contribution in [2.75, 3.05) is 27.0 Å². The van der Waals surface area contributed by atoms with E-state index >= 15 is 0 Å². The number of hydrogen-bond donors (Lipinski definition) is 1. The van der Waals surface area contributed by atoms with E-state index in [0.717, 1.165) is 0 Å². The lowest BCUT2D eigenvalue weighted by atomic mass is 9.83. The van der Waals surface area contributed by atoms with E-state index in [-0.39, 0.29) is 43.9 Å². The molecular formula is C21H24N2O7. The van der Waals surface area contributed by atoms with Crippen molar-refractivity contribution in [1.82, 2.24) is 9.80 Å². The highest BCUT2D eigenvalue weighted by Crippen LogP contribution is 2.52. The van der Waals surface area contributed by atoms with E-state index < -0.39 is 18.1 Å². The molecule has 9 nitrogen and oxygen atoms in total. The van der Waals surface area contributed by atoms with Crippen LogP contribution in [0.3, 0.4) is 0 Å². The first-order valence-electron chi connectivity index (χ1n) is 9.76. The van der Waals surface area contributed by atoms with Crippen molar-refractivity contribution in [2.45, 2.75) is 39.3 Å². The summed E-state index contributed by atoms with van der Waals surface area (Å²) in [6.45, 7) is 4.81. The summed E-state index contributed by atoms with van der Waals surface area (Å²) in [5.74, 6) is -0.178. The van der Waals surface area contributed by atoms with Crippen LogP contribution in [0.1, 0.15) is 36.6 Å². The lowest BCUT2D eigenvalue weighted by Crippen LogP contribution is -2.62. The first kappa shape index (κ1) is 20.1. The van der Waals surface area contributed by atoms with Crippen LogP contribution < -0.4 is 9.47 Å². The molecule has 0 aromatic heterocycles. The van der Waals surface area contributed by atoms with Crippen LogP contribution in [-0.4, -0.2) is 65.7 Å². The summed E-state index contributed by atoms with van der Waals surface area (Å²) in [4.78, 5) is 40.9. The highest BCUT2D eigenvalue weighted by molar-refractivity contribution is 5.96. The molecule has 3 aliphatic rings. The number of aromatic hydroxyl groups is 1. The Balaban J connectivity index is 1.84. The summed E-state index contributed by atoms with van der Waals surface area (Å²) < 4.78 is 16.7. The second-order valence-corrected chi connectivity index (χ2v) is 7.73. The van der Waals surface area contributed by atoms with Crippen LogP contribution in [0.5, 0.6) is 17.2 Å². The van der Waals surface area contributed by atoms with Gasteiger partial charge in [0.25, 0.3) is 0 Å². The number of phenolic OH excluding ortho intramolecular Hbond substituents is 1. The number of ether oxygens (including phenoxy) is 3. The van der Waals surface area contributed by atoms with Gasteiger partial charge in [0.1, 0.15) is 18.4 Å². The number of carbonyl (C=O) groups excluding carboxylic acids is 3. The van der Waals surface area contributed by atoms with E-state index in [4.69, 9.17) is 14.2 Å². The lowest BCUT2D eigenvalue weighted by Gasteiger charge is -2.47. The minimum Gasteiger partial charge on any atom is -0.507 e. The molecule has 1 N–H and O–H groups in total. The summed E-state index contributed by atoms with van der Waals surface area (Å²) in [5, 5.41) is 10.9. The smallest absolute Gasteiger partial charge is 0.333 e. The van der Waals surface area contributed by atoms with Crippen LogP contribution in [0.4, 0.5) is 0 Å². The number of phenols is 1. The molecule has 1 fully saturated rings. The van der Waals surface area contributed by atoms with Gasteiger partial charge in [-0.15, -0.1) is 0 Å². The molecule has 3 aliphatic heterocycles. The highest BCUT2D eigenvalue weighted by Gasteiger charge is 2.49. The predicted octanol–water partition coefficient (Wildman–Crippen LogP) is 1.21. The maximum atomic E-state index is 12.9. The monoisotopic (exact) mass is 416 g/mol. The number of likely N-dealkylation sites (N-methyl/N-ethyl adjacent to an activating group) is 1. The molecular weight excluding hydrogens is 392 g/mol. The molecule has 160 valence electrons. The van der Waals surface area contributed by atoms with E-state index in [9.17, 15) is 19.5 Å². The number of benzene rings is 1. The van der Waals surface area contributed by atoms with Crippen LogP contribution in [0.25, 0.3) is 0 Å². The van der Waals surface area contributed by atoms with Gasteiger partial charge in [-0.05, 0) is 20.8 Å². The highest BCUT2D eigenvalue weighted by atomic mass is 16.7. The summed E-state index contributed by atoms with van der Waals surface area (Å²) in [7, 11) is 1.57. The van der Waals surface area contributed by atoms with Gasteiger partial charge < -0.3 is 29.1 Å². The second-order valence-electron chi connectivity index (χ2n) is 7.73. The molecule has 0 radical (unpaired) electrons. The number of amides is 2. The molecule has 0 spiro atoms. The molecule has 9 heteroatoms. The van der Waals surface area contributed by atoms with E-state index in [1.807, 2.05) is 0 Å². The Kier molecular flexibility index (Phi) is 4.83. The lowest BCUT2D eigenvalue weighted by molar-refractivity contribution is -0.161. The third-order valence-corrected chi connectivity index (χ3v) is 6.02. The quantitative estimate of drug-likeness (QED) is 0.583. The predicted molar refractivity (Wildman–Crippen MR) is 104 cm³/mol. The van der Waals surface area contributed by atoms with Gasteiger partial charge in [0.05, 0.1) is 12.6 Å². The second kappa shape index (κ2) is 7.23. The minimum atomic E-state index is -0.791. The zero-order valence-electron chi connectivity index (χ0n) is 17.4. The number of fused-ring (bicyclic) bond motifs is 4.